The largest absolute Gasteiger partial charge is 0.350 e. The normalized spacial score (nSPS) is 11.2. The summed E-state index contributed by atoms with van der Waals surface area (Å²) in [6.45, 7) is 10.3. The highest BCUT2D eigenvalue weighted by molar-refractivity contribution is 9.10. The van der Waals surface area contributed by atoms with Crippen molar-refractivity contribution >= 4 is 21.8 Å². The van der Waals surface area contributed by atoms with Gasteiger partial charge in [-0.1, -0.05) is 22.5 Å². The van der Waals surface area contributed by atoms with Crippen molar-refractivity contribution in [3.05, 3.63) is 12.2 Å². The summed E-state index contributed by atoms with van der Waals surface area (Å²) >= 11 is 3.40. The first-order valence-corrected chi connectivity index (χ1v) is 5.49. The van der Waals surface area contributed by atoms with Crippen molar-refractivity contribution < 1.29 is 14.6 Å². The van der Waals surface area contributed by atoms with Crippen molar-refractivity contribution in [3.63, 3.8) is 0 Å². The molecule has 0 radical (unpaired) electrons. The van der Waals surface area contributed by atoms with E-state index in [2.05, 4.69) is 27.8 Å². The number of rotatable bonds is 7. The molecule has 15 heavy (non-hydrogen) atoms. The van der Waals surface area contributed by atoms with Crippen LogP contribution < -0.4 is 5.32 Å². The van der Waals surface area contributed by atoms with Crippen LogP contribution in [-0.4, -0.2) is 30.0 Å². The first-order chi connectivity index (χ1) is 6.83. The lowest BCUT2D eigenvalue weighted by Crippen LogP contribution is -2.28. The molecule has 1 N–H and O–H groups in total. The molecular formula is C10H18BrNO3. The van der Waals surface area contributed by atoms with Crippen LogP contribution in [0, 0.1) is 0 Å². The molecule has 88 valence electrons. The SMILES string of the molecule is C=C(C)C(=O)NCCOOCC(C)(C)Br. The van der Waals surface area contributed by atoms with Crippen LogP contribution in [0.25, 0.3) is 0 Å². The van der Waals surface area contributed by atoms with E-state index in [0.29, 0.717) is 25.3 Å². The van der Waals surface area contributed by atoms with E-state index in [0.717, 1.165) is 0 Å². The summed E-state index contributed by atoms with van der Waals surface area (Å²) < 4.78 is -0.103. The van der Waals surface area contributed by atoms with Gasteiger partial charge in [-0.3, -0.25) is 4.79 Å². The number of nitrogens with one attached hydrogen (secondary N) is 1. The molecule has 0 heterocycles. The highest BCUT2D eigenvalue weighted by atomic mass is 79.9. The number of alkyl halides is 1. The predicted molar refractivity (Wildman–Crippen MR) is 62.7 cm³/mol. The maximum atomic E-state index is 11.0. The van der Waals surface area contributed by atoms with Gasteiger partial charge in [-0.05, 0) is 20.8 Å². The van der Waals surface area contributed by atoms with Crippen molar-refractivity contribution in [1.29, 1.82) is 0 Å². The van der Waals surface area contributed by atoms with Gasteiger partial charge in [0.15, 0.2) is 0 Å². The van der Waals surface area contributed by atoms with Gasteiger partial charge in [0.25, 0.3) is 0 Å². The van der Waals surface area contributed by atoms with Crippen LogP contribution in [0.15, 0.2) is 12.2 Å². The molecule has 0 saturated carbocycles. The Hall–Kier alpha value is -0.390. The smallest absolute Gasteiger partial charge is 0.246 e. The van der Waals surface area contributed by atoms with Crippen LogP contribution >= 0.6 is 15.9 Å². The van der Waals surface area contributed by atoms with Crippen LogP contribution in [0.2, 0.25) is 0 Å². The minimum Gasteiger partial charge on any atom is -0.350 e. The molecule has 0 aliphatic heterocycles. The molecule has 0 aromatic carbocycles. The number of carbonyl (C=O) groups is 1. The lowest BCUT2D eigenvalue weighted by molar-refractivity contribution is -0.295. The average molecular weight is 280 g/mol. The summed E-state index contributed by atoms with van der Waals surface area (Å²) in [4.78, 5) is 20.8. The first kappa shape index (κ1) is 14.6. The Morgan fingerprint density at radius 2 is 2.07 bits per heavy atom. The third-order valence-corrected chi connectivity index (χ3v) is 1.57. The van der Waals surface area contributed by atoms with E-state index in [-0.39, 0.29) is 10.2 Å². The van der Waals surface area contributed by atoms with Crippen LogP contribution in [0.3, 0.4) is 0 Å². The highest BCUT2D eigenvalue weighted by Gasteiger charge is 2.12. The first-order valence-electron chi connectivity index (χ1n) is 4.70. The average Bonchev–Trinajstić information content (AvgIpc) is 2.08. The van der Waals surface area contributed by atoms with Gasteiger partial charge in [0.05, 0.1) is 13.2 Å². The zero-order chi connectivity index (χ0) is 11.9. The molecule has 0 saturated heterocycles. The van der Waals surface area contributed by atoms with Gasteiger partial charge in [-0.25, -0.2) is 9.78 Å². The number of hydrogen-bond acceptors (Lipinski definition) is 3. The minimum atomic E-state index is -0.167. The zero-order valence-corrected chi connectivity index (χ0v) is 11.0. The molecule has 5 heteroatoms. The molecule has 0 bridgehead atoms. The summed E-state index contributed by atoms with van der Waals surface area (Å²) in [5.74, 6) is -0.167. The maximum absolute atomic E-state index is 11.0. The molecule has 0 aliphatic rings. The maximum Gasteiger partial charge on any atom is 0.246 e. The Balaban J connectivity index is 3.33. The number of carbonyl (C=O) groups excluding carboxylic acids is 1. The van der Waals surface area contributed by atoms with Gasteiger partial charge < -0.3 is 5.32 Å². The second kappa shape index (κ2) is 6.98. The number of halogens is 1. The quantitative estimate of drug-likeness (QED) is 0.254. The Morgan fingerprint density at radius 1 is 1.47 bits per heavy atom. The van der Waals surface area contributed by atoms with Gasteiger partial charge in [-0.15, -0.1) is 0 Å². The minimum absolute atomic E-state index is 0.103. The number of amides is 1. The van der Waals surface area contributed by atoms with Gasteiger partial charge >= 0.3 is 0 Å². The van der Waals surface area contributed by atoms with Crippen molar-refractivity contribution in [2.75, 3.05) is 19.8 Å². The molecule has 0 fully saturated rings. The summed E-state index contributed by atoms with van der Waals surface area (Å²) in [5.41, 5.74) is 0.484. The van der Waals surface area contributed by atoms with Gasteiger partial charge in [0.1, 0.15) is 0 Å². The Morgan fingerprint density at radius 3 is 2.53 bits per heavy atom. The molecule has 0 aromatic heterocycles. The Labute approximate surface area is 99.1 Å². The van der Waals surface area contributed by atoms with Gasteiger partial charge in [-0.2, -0.15) is 0 Å². The highest BCUT2D eigenvalue weighted by Crippen LogP contribution is 2.15. The van der Waals surface area contributed by atoms with Crippen molar-refractivity contribution in [2.45, 2.75) is 25.1 Å². The second-order valence-corrected chi connectivity index (χ2v) is 5.99. The van der Waals surface area contributed by atoms with Crippen molar-refractivity contribution in [2.24, 2.45) is 0 Å². The molecule has 0 rings (SSSR count). The Kier molecular flexibility index (Phi) is 6.80. The van der Waals surface area contributed by atoms with Crippen LogP contribution in [0.1, 0.15) is 20.8 Å². The molecule has 0 aliphatic carbocycles. The standard InChI is InChI=1S/C10H18BrNO3/c1-8(2)9(13)12-5-6-14-15-7-10(3,4)11/h1,5-7H2,2-4H3,(H,12,13). The van der Waals surface area contributed by atoms with E-state index < -0.39 is 0 Å². The second-order valence-electron chi connectivity index (χ2n) is 3.84. The van der Waals surface area contributed by atoms with Gasteiger partial charge in [0, 0.05) is 16.4 Å². The molecule has 0 atom stereocenters. The summed E-state index contributed by atoms with van der Waals surface area (Å²) in [5, 5.41) is 2.62. The van der Waals surface area contributed by atoms with Crippen LogP contribution in [0.4, 0.5) is 0 Å². The van der Waals surface area contributed by atoms with E-state index in [1.54, 1.807) is 6.92 Å². The third-order valence-electron chi connectivity index (χ3n) is 1.34. The lowest BCUT2D eigenvalue weighted by atomic mass is 10.2. The molecular weight excluding hydrogens is 262 g/mol. The lowest BCUT2D eigenvalue weighted by Gasteiger charge is -2.14. The van der Waals surface area contributed by atoms with Crippen molar-refractivity contribution in [1.82, 2.24) is 5.32 Å². The van der Waals surface area contributed by atoms with E-state index in [1.807, 2.05) is 13.8 Å². The number of hydrogen-bond donors (Lipinski definition) is 1. The molecule has 4 nitrogen and oxygen atoms in total. The van der Waals surface area contributed by atoms with Gasteiger partial charge in [0.2, 0.25) is 5.91 Å². The molecule has 0 spiro atoms. The zero-order valence-electron chi connectivity index (χ0n) is 9.43. The van der Waals surface area contributed by atoms with E-state index in [9.17, 15) is 4.79 Å². The van der Waals surface area contributed by atoms with Crippen LogP contribution in [-0.2, 0) is 14.6 Å². The van der Waals surface area contributed by atoms with E-state index in [1.165, 1.54) is 0 Å². The summed E-state index contributed by atoms with van der Waals surface area (Å²) in [6.07, 6.45) is 0. The summed E-state index contributed by atoms with van der Waals surface area (Å²) in [6, 6.07) is 0. The molecule has 0 aromatic rings. The Bertz CT molecular complexity index is 223. The molecule has 0 unspecified atom stereocenters. The third kappa shape index (κ3) is 9.90. The summed E-state index contributed by atoms with van der Waals surface area (Å²) in [7, 11) is 0. The predicted octanol–water partition coefficient (Wildman–Crippen LogP) is 1.80. The fraction of sp³-hybridized carbons (Fsp3) is 0.700. The monoisotopic (exact) mass is 279 g/mol. The molecule has 1 amide bonds. The topological polar surface area (TPSA) is 47.6 Å². The fourth-order valence-electron chi connectivity index (χ4n) is 0.598. The van der Waals surface area contributed by atoms with E-state index >= 15 is 0 Å². The van der Waals surface area contributed by atoms with Crippen LogP contribution in [0.5, 0.6) is 0 Å². The van der Waals surface area contributed by atoms with Crippen molar-refractivity contribution in [3.8, 4) is 0 Å². The van der Waals surface area contributed by atoms with E-state index in [4.69, 9.17) is 9.78 Å². The fourth-order valence-corrected chi connectivity index (χ4v) is 0.691.